The Labute approximate surface area is 364 Å². The molecule has 0 fully saturated rings. The average molecular weight is 804 g/mol. The molecule has 0 amide bonds. The molecule has 0 atom stereocenters. The maximum atomic E-state index is 6.78. The molecule has 0 N–H and O–H groups in total. The topological polar surface area (TPSA) is 51.8 Å². The number of hydrogen-bond acceptors (Lipinski definition) is 4. The average Bonchev–Trinajstić information content (AvgIpc) is 3.76. The summed E-state index contributed by atoms with van der Waals surface area (Å²) in [6, 6.07) is 78.8. The molecule has 0 aliphatic carbocycles. The first-order valence-corrected chi connectivity index (χ1v) is 21.2. The molecular weight excluding hydrogens is 767 g/mol. The highest BCUT2D eigenvalue weighted by molar-refractivity contribution is 6.15. The summed E-state index contributed by atoms with van der Waals surface area (Å²) in [6.07, 6.45) is 0. The van der Waals surface area contributed by atoms with E-state index in [0.717, 1.165) is 71.7 Å². The van der Waals surface area contributed by atoms with Crippen molar-refractivity contribution in [3.05, 3.63) is 224 Å². The van der Waals surface area contributed by atoms with Gasteiger partial charge in [0.05, 0.1) is 0 Å². The number of rotatable bonds is 7. The molecule has 0 radical (unpaired) electrons. The van der Waals surface area contributed by atoms with Gasteiger partial charge in [0.25, 0.3) is 0 Å². The molecule has 2 aromatic heterocycles. The fourth-order valence-corrected chi connectivity index (χ4v) is 8.96. The molecule has 294 valence electrons. The molecule has 12 rings (SSSR count). The van der Waals surface area contributed by atoms with E-state index in [0.29, 0.717) is 17.5 Å². The molecule has 0 aliphatic heterocycles. The van der Waals surface area contributed by atoms with Crippen molar-refractivity contribution in [3.8, 4) is 78.7 Å². The lowest BCUT2D eigenvalue weighted by Crippen LogP contribution is -2.00. The van der Waals surface area contributed by atoms with Crippen LogP contribution < -0.4 is 0 Å². The summed E-state index contributed by atoms with van der Waals surface area (Å²) in [4.78, 5) is 15.6. The predicted molar refractivity (Wildman–Crippen MR) is 260 cm³/mol. The minimum absolute atomic E-state index is 0.583. The third-order valence-electron chi connectivity index (χ3n) is 12.2. The number of aromatic nitrogens is 3. The van der Waals surface area contributed by atoms with Gasteiger partial charge in [0, 0.05) is 33.0 Å². The third kappa shape index (κ3) is 6.62. The largest absolute Gasteiger partial charge is 0.455 e. The van der Waals surface area contributed by atoms with E-state index in [1.807, 2.05) is 24.3 Å². The van der Waals surface area contributed by atoms with Gasteiger partial charge in [-0.15, -0.1) is 0 Å². The zero-order chi connectivity index (χ0) is 41.7. The van der Waals surface area contributed by atoms with Crippen molar-refractivity contribution in [1.82, 2.24) is 15.0 Å². The highest BCUT2D eigenvalue weighted by atomic mass is 16.3. The lowest BCUT2D eigenvalue weighted by Gasteiger charge is -2.11. The standard InChI is InChI=1S/C59H37N3O/c1-3-12-38(13-4-1)40-24-30-44(31-25-40)57-60-58(48-35-34-46-36-45(32-33-47(46)37-48)39-14-5-2-6-15-39)62-59(61-57)53-22-11-23-54-55(53)52-21-10-20-51(56(52)63-54)43-28-26-42(27-29-43)50-19-9-17-41-16-7-8-18-49(41)50/h1-37H. The van der Waals surface area contributed by atoms with Gasteiger partial charge in [-0.2, -0.15) is 0 Å². The molecule has 0 saturated heterocycles. The summed E-state index contributed by atoms with van der Waals surface area (Å²) < 4.78 is 6.78. The molecule has 63 heavy (non-hydrogen) atoms. The van der Waals surface area contributed by atoms with Crippen LogP contribution in [0.4, 0.5) is 0 Å². The van der Waals surface area contributed by atoms with Crippen LogP contribution in [0, 0.1) is 0 Å². The number of furan rings is 1. The van der Waals surface area contributed by atoms with Crippen LogP contribution in [0.3, 0.4) is 0 Å². The van der Waals surface area contributed by atoms with Gasteiger partial charge in [0.2, 0.25) is 0 Å². The Kier molecular flexibility index (Phi) is 8.79. The zero-order valence-corrected chi connectivity index (χ0v) is 34.1. The number of para-hydroxylation sites is 1. The van der Waals surface area contributed by atoms with E-state index in [4.69, 9.17) is 19.4 Å². The SMILES string of the molecule is c1ccc(-c2ccc(-c3nc(-c4ccc5cc(-c6ccccc6)ccc5c4)nc(-c4cccc5oc6c(-c7ccc(-c8cccc9ccccc89)cc7)cccc6c45)n3)cc2)cc1. The van der Waals surface area contributed by atoms with Crippen molar-refractivity contribution in [2.45, 2.75) is 0 Å². The van der Waals surface area contributed by atoms with Gasteiger partial charge in [-0.05, 0) is 78.7 Å². The number of fused-ring (bicyclic) bond motifs is 5. The number of nitrogens with zero attached hydrogens (tertiary/aromatic N) is 3. The summed E-state index contributed by atoms with van der Waals surface area (Å²) >= 11 is 0. The van der Waals surface area contributed by atoms with Crippen LogP contribution in [0.5, 0.6) is 0 Å². The quantitative estimate of drug-likeness (QED) is 0.161. The minimum atomic E-state index is 0.583. The fraction of sp³-hybridized carbons (Fsp3) is 0. The van der Waals surface area contributed by atoms with Crippen LogP contribution >= 0.6 is 0 Å². The normalized spacial score (nSPS) is 11.5. The van der Waals surface area contributed by atoms with Crippen molar-refractivity contribution in [1.29, 1.82) is 0 Å². The second-order valence-corrected chi connectivity index (χ2v) is 16.0. The van der Waals surface area contributed by atoms with E-state index in [1.54, 1.807) is 0 Å². The Morgan fingerprint density at radius 1 is 0.270 bits per heavy atom. The van der Waals surface area contributed by atoms with Crippen molar-refractivity contribution in [3.63, 3.8) is 0 Å². The predicted octanol–water partition coefficient (Wildman–Crippen LogP) is 15.7. The fourth-order valence-electron chi connectivity index (χ4n) is 8.96. The number of hydrogen-bond donors (Lipinski definition) is 0. The minimum Gasteiger partial charge on any atom is -0.455 e. The van der Waals surface area contributed by atoms with Gasteiger partial charge in [-0.3, -0.25) is 0 Å². The lowest BCUT2D eigenvalue weighted by molar-refractivity contribution is 0.670. The molecule has 2 heterocycles. The van der Waals surface area contributed by atoms with Crippen molar-refractivity contribution >= 4 is 43.5 Å². The maximum Gasteiger partial charge on any atom is 0.164 e. The lowest BCUT2D eigenvalue weighted by atomic mass is 9.95. The molecular formula is C59H37N3O. The van der Waals surface area contributed by atoms with Crippen LogP contribution in [-0.2, 0) is 0 Å². The van der Waals surface area contributed by atoms with Gasteiger partial charge < -0.3 is 4.42 Å². The zero-order valence-electron chi connectivity index (χ0n) is 34.1. The molecule has 0 bridgehead atoms. The Morgan fingerprint density at radius 3 is 1.51 bits per heavy atom. The van der Waals surface area contributed by atoms with Crippen LogP contribution in [0.2, 0.25) is 0 Å². The number of benzene rings is 10. The summed E-state index contributed by atoms with van der Waals surface area (Å²) in [5.41, 5.74) is 13.5. The van der Waals surface area contributed by atoms with Gasteiger partial charge in [0.1, 0.15) is 11.2 Å². The summed E-state index contributed by atoms with van der Waals surface area (Å²) in [5.74, 6) is 1.79. The maximum absolute atomic E-state index is 6.78. The Balaban J connectivity index is 0.980. The summed E-state index contributed by atoms with van der Waals surface area (Å²) in [7, 11) is 0. The Hall–Kier alpha value is -8.47. The highest BCUT2D eigenvalue weighted by Gasteiger charge is 2.20. The van der Waals surface area contributed by atoms with Crippen molar-refractivity contribution < 1.29 is 4.42 Å². The van der Waals surface area contributed by atoms with Crippen LogP contribution in [0.25, 0.3) is 122 Å². The van der Waals surface area contributed by atoms with E-state index in [-0.39, 0.29) is 0 Å². The highest BCUT2D eigenvalue weighted by Crippen LogP contribution is 2.41. The Morgan fingerprint density at radius 2 is 0.746 bits per heavy atom. The van der Waals surface area contributed by atoms with Crippen molar-refractivity contribution in [2.24, 2.45) is 0 Å². The van der Waals surface area contributed by atoms with Crippen LogP contribution in [-0.4, -0.2) is 15.0 Å². The van der Waals surface area contributed by atoms with E-state index >= 15 is 0 Å². The van der Waals surface area contributed by atoms with E-state index < -0.39 is 0 Å². The summed E-state index contributed by atoms with van der Waals surface area (Å²) in [6.45, 7) is 0. The first kappa shape index (κ1) is 36.4. The monoisotopic (exact) mass is 803 g/mol. The molecule has 4 nitrogen and oxygen atoms in total. The molecule has 4 heteroatoms. The Bertz CT molecular complexity index is 3650. The molecule has 0 spiro atoms. The van der Waals surface area contributed by atoms with Gasteiger partial charge in [0.15, 0.2) is 17.5 Å². The van der Waals surface area contributed by atoms with Gasteiger partial charge in [-0.1, -0.05) is 206 Å². The summed E-state index contributed by atoms with van der Waals surface area (Å²) in [5, 5.41) is 6.72. The van der Waals surface area contributed by atoms with E-state index in [9.17, 15) is 0 Å². The van der Waals surface area contributed by atoms with Gasteiger partial charge >= 0.3 is 0 Å². The molecule has 10 aromatic carbocycles. The second-order valence-electron chi connectivity index (χ2n) is 16.0. The van der Waals surface area contributed by atoms with Crippen LogP contribution in [0.1, 0.15) is 0 Å². The first-order chi connectivity index (χ1) is 31.2. The van der Waals surface area contributed by atoms with E-state index in [2.05, 4.69) is 200 Å². The smallest absolute Gasteiger partial charge is 0.164 e. The van der Waals surface area contributed by atoms with Crippen LogP contribution in [0.15, 0.2) is 229 Å². The molecule has 12 aromatic rings. The van der Waals surface area contributed by atoms with Gasteiger partial charge in [-0.25, -0.2) is 15.0 Å². The van der Waals surface area contributed by atoms with Crippen molar-refractivity contribution in [2.75, 3.05) is 0 Å². The molecule has 0 saturated carbocycles. The third-order valence-corrected chi connectivity index (χ3v) is 12.2. The molecule has 0 unspecified atom stereocenters. The first-order valence-electron chi connectivity index (χ1n) is 21.2. The molecule has 0 aliphatic rings. The second kappa shape index (κ2) is 15.2. The van der Waals surface area contributed by atoms with E-state index in [1.165, 1.54) is 33.0 Å².